The highest BCUT2D eigenvalue weighted by atomic mass is 32.1. The predicted molar refractivity (Wildman–Crippen MR) is 106 cm³/mol. The van der Waals surface area contributed by atoms with Crippen LogP contribution in [0.3, 0.4) is 0 Å². The highest BCUT2D eigenvalue weighted by molar-refractivity contribution is 7.71. The number of urea groups is 1. The summed E-state index contributed by atoms with van der Waals surface area (Å²) in [7, 11) is 3.49. The lowest BCUT2D eigenvalue weighted by Crippen LogP contribution is -2.55. The number of nitrogens with one attached hydrogen (secondary N) is 2. The smallest absolute Gasteiger partial charge is 0.323 e. The normalized spacial score (nSPS) is 14.2. The summed E-state index contributed by atoms with van der Waals surface area (Å²) >= 11 is 5.20. The van der Waals surface area contributed by atoms with Crippen LogP contribution in [0.2, 0.25) is 0 Å². The Balaban J connectivity index is 0.00000150. The number of likely N-dealkylation sites (tertiary alicyclic amines) is 1. The molecule has 1 aliphatic heterocycles. The molecule has 1 aliphatic rings. The van der Waals surface area contributed by atoms with Crippen LogP contribution in [0.5, 0.6) is 11.5 Å². The van der Waals surface area contributed by atoms with Crippen LogP contribution >= 0.6 is 12.2 Å². The minimum atomic E-state index is -0.214. The summed E-state index contributed by atoms with van der Waals surface area (Å²) in [5.41, 5.74) is 1.53. The van der Waals surface area contributed by atoms with E-state index in [0.29, 0.717) is 40.8 Å². The number of hydrogen-bond acceptors (Lipinski definition) is 6. The first kappa shape index (κ1) is 17.4. The van der Waals surface area contributed by atoms with E-state index in [4.69, 9.17) is 21.7 Å². The molecule has 0 unspecified atom stereocenters. The van der Waals surface area contributed by atoms with Gasteiger partial charge in [-0.1, -0.05) is 0 Å². The third-order valence-electron chi connectivity index (χ3n) is 4.40. The van der Waals surface area contributed by atoms with Crippen LogP contribution in [-0.4, -0.2) is 56.8 Å². The van der Waals surface area contributed by atoms with Crippen molar-refractivity contribution in [1.82, 2.24) is 24.4 Å². The highest BCUT2D eigenvalue weighted by Crippen LogP contribution is 2.25. The van der Waals surface area contributed by atoms with E-state index in [1.54, 1.807) is 36.5 Å². The molecule has 1 saturated heterocycles. The number of anilines is 1. The van der Waals surface area contributed by atoms with Crippen molar-refractivity contribution in [3.05, 3.63) is 35.4 Å². The summed E-state index contributed by atoms with van der Waals surface area (Å²) < 4.78 is 13.4. The van der Waals surface area contributed by atoms with Gasteiger partial charge in [-0.15, -0.1) is 0 Å². The van der Waals surface area contributed by atoms with Crippen LogP contribution < -0.4 is 10.1 Å². The van der Waals surface area contributed by atoms with Crippen LogP contribution in [0, 0.1) is 4.77 Å². The Bertz CT molecular complexity index is 1070. The topological polar surface area (TPSA) is 97.3 Å². The molecule has 0 aliphatic carbocycles. The lowest BCUT2D eigenvalue weighted by atomic mass is 10.2. The van der Waals surface area contributed by atoms with Gasteiger partial charge in [-0.3, -0.25) is 5.32 Å². The van der Waals surface area contributed by atoms with Crippen molar-refractivity contribution in [2.45, 2.75) is 6.10 Å². The van der Waals surface area contributed by atoms with Crippen LogP contribution in [0.4, 0.5) is 10.6 Å². The minimum Gasteiger partial charge on any atom is -0.455 e. The quantitative estimate of drug-likeness (QED) is 0.664. The molecule has 2 amide bonds. The fraction of sp³-hybridized carbons (Fsp3) is 0.294. The lowest BCUT2D eigenvalue weighted by Gasteiger charge is -2.37. The number of ether oxygens (including phenoxy) is 2. The molecule has 0 saturated carbocycles. The number of rotatable bonds is 4. The number of H-pyrrole nitrogens is 1. The number of imidazole rings is 1. The molecular weight excluding hydrogens is 368 g/mol. The molecule has 144 valence electrons. The SMILES string of the molecule is COC1CN(C(=O)Nc2cc(Oc3cnc4[nH]c(=S)n(C)c4c3)ccn2)C1.[HH].[HH]. The fourth-order valence-electron chi connectivity index (χ4n) is 2.76. The van der Waals surface area contributed by atoms with Gasteiger partial charge in [0.2, 0.25) is 0 Å². The average molecular weight is 390 g/mol. The van der Waals surface area contributed by atoms with E-state index >= 15 is 0 Å². The van der Waals surface area contributed by atoms with Gasteiger partial charge in [0.05, 0.1) is 30.9 Å². The molecule has 10 heteroatoms. The molecule has 0 bridgehead atoms. The van der Waals surface area contributed by atoms with E-state index in [1.807, 2.05) is 17.7 Å². The van der Waals surface area contributed by atoms with E-state index < -0.39 is 0 Å². The Hall–Kier alpha value is -2.98. The predicted octanol–water partition coefficient (Wildman–Crippen LogP) is 3.17. The summed E-state index contributed by atoms with van der Waals surface area (Å²) in [6, 6.07) is 5.00. The maximum Gasteiger partial charge on any atom is 0.323 e. The third kappa shape index (κ3) is 3.49. The number of methoxy groups -OCH3 is 1. The lowest BCUT2D eigenvalue weighted by molar-refractivity contribution is -0.00467. The van der Waals surface area contributed by atoms with Gasteiger partial charge in [0.15, 0.2) is 10.4 Å². The van der Waals surface area contributed by atoms with E-state index in [1.165, 1.54) is 0 Å². The van der Waals surface area contributed by atoms with Gasteiger partial charge in [-0.2, -0.15) is 0 Å². The second-order valence-corrected chi connectivity index (χ2v) is 6.59. The van der Waals surface area contributed by atoms with Crippen molar-refractivity contribution >= 4 is 35.2 Å². The first-order valence-corrected chi connectivity index (χ1v) is 8.71. The highest BCUT2D eigenvalue weighted by Gasteiger charge is 2.30. The zero-order valence-corrected chi connectivity index (χ0v) is 15.6. The van der Waals surface area contributed by atoms with E-state index in [9.17, 15) is 4.79 Å². The van der Waals surface area contributed by atoms with Crippen LogP contribution in [0.25, 0.3) is 11.2 Å². The number of fused-ring (bicyclic) bond motifs is 1. The number of hydrogen-bond donors (Lipinski definition) is 2. The Kier molecular flexibility index (Phi) is 4.50. The average Bonchev–Trinajstić information content (AvgIpc) is 2.89. The van der Waals surface area contributed by atoms with E-state index in [0.717, 1.165) is 5.52 Å². The van der Waals surface area contributed by atoms with Gasteiger partial charge in [0.25, 0.3) is 0 Å². The first-order valence-electron chi connectivity index (χ1n) is 8.31. The van der Waals surface area contributed by atoms with Gasteiger partial charge in [-0.05, 0) is 18.3 Å². The van der Waals surface area contributed by atoms with Crippen LogP contribution in [0.1, 0.15) is 2.85 Å². The summed E-state index contributed by atoms with van der Waals surface area (Å²) in [5.74, 6) is 1.50. The number of carbonyl (C=O) groups is 1. The molecule has 1 fully saturated rings. The van der Waals surface area contributed by atoms with Crippen molar-refractivity contribution in [3.63, 3.8) is 0 Å². The summed E-state index contributed by atoms with van der Waals surface area (Å²) in [4.78, 5) is 25.3. The van der Waals surface area contributed by atoms with Crippen molar-refractivity contribution in [2.75, 3.05) is 25.5 Å². The minimum absolute atomic E-state index is 0. The third-order valence-corrected chi connectivity index (χ3v) is 4.78. The number of carbonyl (C=O) groups excluding carboxylic acids is 1. The molecule has 4 heterocycles. The summed E-state index contributed by atoms with van der Waals surface area (Å²) in [6.45, 7) is 1.14. The number of aromatic nitrogens is 4. The Morgan fingerprint density at radius 3 is 2.96 bits per heavy atom. The zero-order valence-electron chi connectivity index (χ0n) is 14.8. The fourth-order valence-corrected chi connectivity index (χ4v) is 2.95. The molecule has 4 rings (SSSR count). The molecule has 27 heavy (non-hydrogen) atoms. The first-order chi connectivity index (χ1) is 13.0. The standard InChI is InChI=1S/C17H18N6O3S.2H2/c1-22-13-5-11(7-19-15(13)21-17(22)27)26-10-3-4-18-14(6-10)20-16(24)23-8-12(9-23)25-2;;/h3-7,12H,8-9H2,1-2H3,(H,18,20,24)(H,19,21,27);2*1H. The zero-order chi connectivity index (χ0) is 19.0. The number of pyridine rings is 2. The van der Waals surface area contributed by atoms with Crippen molar-refractivity contribution < 1.29 is 17.1 Å². The van der Waals surface area contributed by atoms with Gasteiger partial charge in [-0.25, -0.2) is 14.8 Å². The van der Waals surface area contributed by atoms with E-state index in [2.05, 4.69) is 20.3 Å². The molecule has 9 nitrogen and oxygen atoms in total. The molecule has 3 aromatic heterocycles. The Labute approximate surface area is 162 Å². The van der Waals surface area contributed by atoms with Crippen LogP contribution in [-0.2, 0) is 11.8 Å². The number of nitrogens with zero attached hydrogens (tertiary/aromatic N) is 4. The molecule has 3 aromatic rings. The maximum atomic E-state index is 12.2. The van der Waals surface area contributed by atoms with Gasteiger partial charge in [0, 0.05) is 35.3 Å². The Morgan fingerprint density at radius 1 is 1.37 bits per heavy atom. The monoisotopic (exact) mass is 390 g/mol. The van der Waals surface area contributed by atoms with Gasteiger partial charge in [0.1, 0.15) is 17.3 Å². The van der Waals surface area contributed by atoms with Gasteiger partial charge < -0.3 is 23.9 Å². The number of amides is 2. The molecule has 0 atom stereocenters. The number of aryl methyl sites for hydroxylation is 1. The van der Waals surface area contributed by atoms with Crippen molar-refractivity contribution in [1.29, 1.82) is 0 Å². The van der Waals surface area contributed by atoms with Crippen molar-refractivity contribution in [2.24, 2.45) is 7.05 Å². The summed E-state index contributed by atoms with van der Waals surface area (Å²) in [5, 5.41) is 2.76. The molecule has 0 aromatic carbocycles. The summed E-state index contributed by atoms with van der Waals surface area (Å²) in [6.07, 6.45) is 3.28. The van der Waals surface area contributed by atoms with Gasteiger partial charge >= 0.3 is 6.03 Å². The Morgan fingerprint density at radius 2 is 2.19 bits per heavy atom. The van der Waals surface area contributed by atoms with Crippen molar-refractivity contribution in [3.8, 4) is 11.5 Å². The molecular formula is C17H22N6O3S. The molecule has 0 radical (unpaired) electrons. The number of aromatic amines is 1. The largest absolute Gasteiger partial charge is 0.455 e. The van der Waals surface area contributed by atoms with Crippen LogP contribution in [0.15, 0.2) is 30.6 Å². The second-order valence-electron chi connectivity index (χ2n) is 6.20. The second kappa shape index (κ2) is 6.97. The maximum absolute atomic E-state index is 12.2. The molecule has 0 spiro atoms. The van der Waals surface area contributed by atoms with E-state index in [-0.39, 0.29) is 15.0 Å². The molecule has 2 N–H and O–H groups in total.